The van der Waals surface area contributed by atoms with Gasteiger partial charge in [-0.3, -0.25) is 0 Å². The van der Waals surface area contributed by atoms with Crippen molar-refractivity contribution in [1.82, 2.24) is 10.3 Å². The predicted molar refractivity (Wildman–Crippen MR) is 120 cm³/mol. The van der Waals surface area contributed by atoms with Crippen molar-refractivity contribution in [3.05, 3.63) is 70.9 Å². The first-order valence-electron chi connectivity index (χ1n) is 10.3. The van der Waals surface area contributed by atoms with E-state index in [0.29, 0.717) is 0 Å². The van der Waals surface area contributed by atoms with Crippen LogP contribution in [0.5, 0.6) is 0 Å². The summed E-state index contributed by atoms with van der Waals surface area (Å²) >= 11 is 0. The molecule has 0 radical (unpaired) electrons. The molecule has 4 rings (SSSR count). The van der Waals surface area contributed by atoms with E-state index in [2.05, 4.69) is 71.5 Å². The van der Waals surface area contributed by atoms with Gasteiger partial charge in [-0.05, 0) is 76.4 Å². The van der Waals surface area contributed by atoms with Crippen LogP contribution < -0.4 is 4.90 Å². The number of benzene rings is 2. The Kier molecular flexibility index (Phi) is 5.20. The second-order valence-electron chi connectivity index (χ2n) is 7.69. The van der Waals surface area contributed by atoms with Crippen LogP contribution in [-0.4, -0.2) is 16.9 Å². The molecule has 0 aliphatic carbocycles. The topological polar surface area (TPSA) is 55.3 Å². The summed E-state index contributed by atoms with van der Waals surface area (Å²) in [7, 11) is 0. The van der Waals surface area contributed by atoms with Gasteiger partial charge >= 0.3 is 0 Å². The molecule has 0 N–H and O–H groups in total. The molecule has 5 heteroatoms. The van der Waals surface area contributed by atoms with Crippen molar-refractivity contribution in [1.29, 1.82) is 0 Å². The molecule has 5 nitrogen and oxygen atoms in total. The summed E-state index contributed by atoms with van der Waals surface area (Å²) in [4.78, 5) is 2.33. The van der Waals surface area contributed by atoms with Gasteiger partial charge in [0, 0.05) is 29.0 Å². The van der Waals surface area contributed by atoms with Crippen molar-refractivity contribution in [2.75, 3.05) is 11.4 Å². The van der Waals surface area contributed by atoms with Crippen LogP contribution in [0, 0.1) is 34.6 Å². The number of hydrogen-bond donors (Lipinski definition) is 0. The van der Waals surface area contributed by atoms with E-state index >= 15 is 0 Å². The van der Waals surface area contributed by atoms with Gasteiger partial charge in [-0.1, -0.05) is 34.6 Å². The first-order valence-corrected chi connectivity index (χ1v) is 10.3. The minimum Gasteiger partial charge on any atom is -0.361 e. The summed E-state index contributed by atoms with van der Waals surface area (Å²) in [6.07, 6.45) is 0. The molecule has 2 aromatic heterocycles. The second-order valence-corrected chi connectivity index (χ2v) is 7.69. The molecule has 154 valence electrons. The number of anilines is 2. The van der Waals surface area contributed by atoms with Crippen LogP contribution in [0.15, 0.2) is 51.5 Å². The van der Waals surface area contributed by atoms with Gasteiger partial charge in [0.1, 0.15) is 11.5 Å². The first-order chi connectivity index (χ1) is 14.4. The van der Waals surface area contributed by atoms with E-state index in [-0.39, 0.29) is 0 Å². The zero-order chi connectivity index (χ0) is 21.4. The highest BCUT2D eigenvalue weighted by molar-refractivity contribution is 5.77. The van der Waals surface area contributed by atoms with Crippen LogP contribution in [0.4, 0.5) is 11.4 Å². The van der Waals surface area contributed by atoms with Gasteiger partial charge < -0.3 is 13.9 Å². The van der Waals surface area contributed by atoms with Gasteiger partial charge in [0.25, 0.3) is 0 Å². The highest BCUT2D eigenvalue weighted by Gasteiger charge is 2.17. The Bertz CT molecular complexity index is 1150. The van der Waals surface area contributed by atoms with E-state index in [9.17, 15) is 0 Å². The summed E-state index contributed by atoms with van der Waals surface area (Å²) in [5.41, 5.74) is 9.76. The lowest BCUT2D eigenvalue weighted by Gasteiger charge is -2.26. The van der Waals surface area contributed by atoms with Crippen molar-refractivity contribution in [3.8, 4) is 22.3 Å². The highest BCUT2D eigenvalue weighted by Crippen LogP contribution is 2.36. The molecule has 2 aromatic carbocycles. The Morgan fingerprint density at radius 3 is 1.77 bits per heavy atom. The van der Waals surface area contributed by atoms with E-state index in [1.165, 1.54) is 11.3 Å². The van der Waals surface area contributed by atoms with E-state index in [0.717, 1.165) is 57.4 Å². The molecule has 0 unspecified atom stereocenters. The van der Waals surface area contributed by atoms with Crippen LogP contribution in [0.2, 0.25) is 0 Å². The number of aromatic nitrogens is 2. The third kappa shape index (κ3) is 3.41. The zero-order valence-corrected chi connectivity index (χ0v) is 18.4. The fraction of sp³-hybridized carbons (Fsp3) is 0.280. The molecule has 0 saturated carbocycles. The molecule has 0 bridgehead atoms. The molecule has 0 aliphatic rings. The maximum absolute atomic E-state index is 5.38. The molecule has 30 heavy (non-hydrogen) atoms. The molecule has 0 saturated heterocycles. The fourth-order valence-electron chi connectivity index (χ4n) is 4.15. The number of nitrogens with zero attached hydrogens (tertiary/aromatic N) is 3. The molecule has 0 atom stereocenters. The minimum atomic E-state index is 0.842. The predicted octanol–water partition coefficient (Wildman–Crippen LogP) is 6.70. The van der Waals surface area contributed by atoms with Crippen LogP contribution in [-0.2, 0) is 0 Å². The normalized spacial score (nSPS) is 11.1. The third-order valence-electron chi connectivity index (χ3n) is 5.64. The number of aryl methyl sites for hydroxylation is 5. The van der Waals surface area contributed by atoms with Gasteiger partial charge in [-0.25, -0.2) is 0 Å². The van der Waals surface area contributed by atoms with Gasteiger partial charge in [0.05, 0.1) is 11.4 Å². The van der Waals surface area contributed by atoms with Crippen molar-refractivity contribution >= 4 is 11.4 Å². The maximum Gasteiger partial charge on any atom is 0.141 e. The SMILES string of the molecule is CCN(c1ccc(-c2c(C)noc2C)cc1)c1cc(-c2c(C)noc2C)ccc1C. The molecule has 0 amide bonds. The summed E-state index contributed by atoms with van der Waals surface area (Å²) in [6.45, 7) is 13.0. The van der Waals surface area contributed by atoms with E-state index in [1.807, 2.05) is 27.7 Å². The van der Waals surface area contributed by atoms with E-state index in [4.69, 9.17) is 9.05 Å². The minimum absolute atomic E-state index is 0.842. The lowest BCUT2D eigenvalue weighted by molar-refractivity contribution is 0.393. The Balaban J connectivity index is 1.73. The molecule has 0 fully saturated rings. The van der Waals surface area contributed by atoms with Crippen molar-refractivity contribution < 1.29 is 9.05 Å². The van der Waals surface area contributed by atoms with E-state index < -0.39 is 0 Å². The monoisotopic (exact) mass is 401 g/mol. The summed E-state index contributed by atoms with van der Waals surface area (Å²) in [5.74, 6) is 1.68. The van der Waals surface area contributed by atoms with Gasteiger partial charge in [0.2, 0.25) is 0 Å². The molecule has 4 aromatic rings. The lowest BCUT2D eigenvalue weighted by atomic mass is 10.00. The van der Waals surface area contributed by atoms with Crippen LogP contribution in [0.3, 0.4) is 0 Å². The summed E-state index contributed by atoms with van der Waals surface area (Å²) in [5, 5.41) is 8.19. The summed E-state index contributed by atoms with van der Waals surface area (Å²) in [6, 6.07) is 15.1. The first kappa shape index (κ1) is 20.0. The standard InChI is InChI=1S/C25H27N3O2/c1-7-28(22-12-10-20(11-13-22)24-16(3)26-29-18(24)5)23-14-21(9-8-15(23)2)25-17(4)27-30-19(25)6/h8-14H,7H2,1-6H3. The van der Waals surface area contributed by atoms with Crippen molar-refractivity contribution in [2.45, 2.75) is 41.5 Å². The molecule has 2 heterocycles. The number of hydrogen-bond acceptors (Lipinski definition) is 5. The lowest BCUT2D eigenvalue weighted by Crippen LogP contribution is -2.17. The maximum atomic E-state index is 5.38. The molecule has 0 aliphatic heterocycles. The van der Waals surface area contributed by atoms with Crippen molar-refractivity contribution in [3.63, 3.8) is 0 Å². The Morgan fingerprint density at radius 2 is 1.27 bits per heavy atom. The number of rotatable bonds is 5. The van der Waals surface area contributed by atoms with Gasteiger partial charge in [-0.15, -0.1) is 0 Å². The Hall–Kier alpha value is -3.34. The second kappa shape index (κ2) is 7.82. The third-order valence-corrected chi connectivity index (χ3v) is 5.64. The average Bonchev–Trinajstić information content (AvgIpc) is 3.25. The smallest absolute Gasteiger partial charge is 0.141 e. The van der Waals surface area contributed by atoms with Gasteiger partial charge in [0.15, 0.2) is 0 Å². The Morgan fingerprint density at radius 1 is 0.733 bits per heavy atom. The fourth-order valence-corrected chi connectivity index (χ4v) is 4.15. The molecule has 0 spiro atoms. The van der Waals surface area contributed by atoms with Crippen LogP contribution in [0.1, 0.15) is 35.4 Å². The molecular formula is C25H27N3O2. The summed E-state index contributed by atoms with van der Waals surface area (Å²) < 4.78 is 10.7. The quantitative estimate of drug-likeness (QED) is 0.372. The average molecular weight is 402 g/mol. The molecular weight excluding hydrogens is 374 g/mol. The zero-order valence-electron chi connectivity index (χ0n) is 18.4. The Labute approximate surface area is 177 Å². The largest absolute Gasteiger partial charge is 0.361 e. The van der Waals surface area contributed by atoms with Crippen LogP contribution in [0.25, 0.3) is 22.3 Å². The van der Waals surface area contributed by atoms with Gasteiger partial charge in [-0.2, -0.15) is 0 Å². The van der Waals surface area contributed by atoms with E-state index in [1.54, 1.807) is 0 Å². The highest BCUT2D eigenvalue weighted by atomic mass is 16.5. The van der Waals surface area contributed by atoms with Crippen molar-refractivity contribution in [2.24, 2.45) is 0 Å². The van der Waals surface area contributed by atoms with Crippen LogP contribution >= 0.6 is 0 Å².